The second-order valence-corrected chi connectivity index (χ2v) is 19.4. The van der Waals surface area contributed by atoms with Crippen LogP contribution < -0.4 is 0 Å². The molecule has 62 heavy (non-hydrogen) atoms. The molecule has 0 saturated carbocycles. The molecule has 0 aliphatic carbocycles. The number of hydrogen-bond donors (Lipinski definition) is 1. The Labute approximate surface area is 362 Å². The summed E-state index contributed by atoms with van der Waals surface area (Å²) in [5, 5.41) is 19.6. The summed E-state index contributed by atoms with van der Waals surface area (Å²) in [4.78, 5) is 10.9. The third-order valence-corrected chi connectivity index (χ3v) is 13.4. The minimum Gasteiger partial charge on any atom is -0.507 e. The topological polar surface area (TPSA) is 55.3 Å². The fourth-order valence-corrected chi connectivity index (χ4v) is 10.0. The second-order valence-electron chi connectivity index (χ2n) is 19.4. The molecule has 0 saturated heterocycles. The molecule has 0 aliphatic rings. The smallest absolute Gasteiger partial charge is 0.149 e. The highest BCUT2D eigenvalue weighted by molar-refractivity contribution is 6.28. The van der Waals surface area contributed by atoms with E-state index in [1.807, 2.05) is 6.20 Å². The third kappa shape index (κ3) is 5.47. The average Bonchev–Trinajstić information content (AvgIpc) is 3.76. The maximum absolute atomic E-state index is 12.5. The molecule has 5 heteroatoms. The molecule has 4 heterocycles. The highest BCUT2D eigenvalue weighted by Crippen LogP contribution is 2.48. The van der Waals surface area contributed by atoms with Crippen molar-refractivity contribution < 1.29 is 5.11 Å². The average molecular weight is 807 g/mol. The van der Waals surface area contributed by atoms with Gasteiger partial charge in [-0.05, 0) is 101 Å². The van der Waals surface area contributed by atoms with E-state index in [1.54, 1.807) is 0 Å². The van der Waals surface area contributed by atoms with Gasteiger partial charge in [-0.15, -0.1) is 0 Å². The predicted molar refractivity (Wildman–Crippen MR) is 261 cm³/mol. The monoisotopic (exact) mass is 806 g/mol. The lowest BCUT2D eigenvalue weighted by atomic mass is 9.79. The van der Waals surface area contributed by atoms with E-state index < -0.39 is 0 Å². The van der Waals surface area contributed by atoms with E-state index in [0.29, 0.717) is 11.4 Å². The number of aryl methyl sites for hydroxylation is 3. The van der Waals surface area contributed by atoms with E-state index in [-0.39, 0.29) is 16.6 Å². The zero-order valence-corrected chi connectivity index (χ0v) is 36.9. The summed E-state index contributed by atoms with van der Waals surface area (Å²) in [7, 11) is 0. The van der Waals surface area contributed by atoms with Crippen molar-refractivity contribution in [3.63, 3.8) is 0 Å². The fraction of sp³-hybridized carbons (Fsp3) is 0.193. The lowest BCUT2D eigenvalue weighted by molar-refractivity contribution is 0.446. The summed E-state index contributed by atoms with van der Waals surface area (Å²) in [5.74, 6) is 0.962. The van der Waals surface area contributed by atoms with Crippen molar-refractivity contribution in [1.82, 2.24) is 18.9 Å². The first kappa shape index (κ1) is 38.0. The molecule has 0 amide bonds. The van der Waals surface area contributed by atoms with E-state index in [9.17, 15) is 5.11 Å². The number of imidazole rings is 1. The molecule has 0 unspecified atom stereocenters. The molecule has 0 spiro atoms. The highest BCUT2D eigenvalue weighted by atomic mass is 16.3. The number of rotatable bonds is 4. The van der Waals surface area contributed by atoms with Crippen LogP contribution in [0.25, 0.3) is 99.2 Å². The molecular weight excluding hydrogens is 757 g/mol. The molecule has 304 valence electrons. The first-order chi connectivity index (χ1) is 29.7. The first-order valence-corrected chi connectivity index (χ1v) is 21.7. The van der Waals surface area contributed by atoms with E-state index in [1.165, 1.54) is 49.4 Å². The van der Waals surface area contributed by atoms with Gasteiger partial charge in [0.25, 0.3) is 0 Å². The van der Waals surface area contributed by atoms with Crippen LogP contribution in [-0.2, 0) is 10.8 Å². The van der Waals surface area contributed by atoms with Gasteiger partial charge in [0, 0.05) is 50.1 Å². The Kier molecular flexibility index (Phi) is 8.12. The molecule has 7 aromatic carbocycles. The third-order valence-electron chi connectivity index (χ3n) is 13.4. The quantitative estimate of drug-likeness (QED) is 0.142. The number of benzene rings is 7. The number of phenolic OH excluding ortho intramolecular Hbond substituents is 1. The van der Waals surface area contributed by atoms with Crippen molar-refractivity contribution in [3.05, 3.63) is 162 Å². The van der Waals surface area contributed by atoms with Crippen LogP contribution in [0.5, 0.6) is 5.75 Å². The maximum atomic E-state index is 12.5. The van der Waals surface area contributed by atoms with Crippen LogP contribution in [0.1, 0.15) is 69.5 Å². The normalized spacial score (nSPS) is 12.7. The second kappa shape index (κ2) is 13.3. The van der Waals surface area contributed by atoms with E-state index in [4.69, 9.17) is 9.97 Å². The number of para-hydroxylation sites is 1. The molecule has 0 aliphatic heterocycles. The van der Waals surface area contributed by atoms with Crippen LogP contribution in [-0.4, -0.2) is 24.0 Å². The molecule has 5 nitrogen and oxygen atoms in total. The minimum absolute atomic E-state index is 0.177. The van der Waals surface area contributed by atoms with Gasteiger partial charge in [-0.1, -0.05) is 138 Å². The Balaban J connectivity index is 1.30. The Morgan fingerprint density at radius 3 is 2.08 bits per heavy atom. The molecule has 4 aromatic heterocycles. The van der Waals surface area contributed by atoms with Gasteiger partial charge in [0.15, 0.2) is 0 Å². The van der Waals surface area contributed by atoms with Gasteiger partial charge in [0.2, 0.25) is 0 Å². The van der Waals surface area contributed by atoms with Gasteiger partial charge in [-0.3, -0.25) is 9.55 Å². The number of hydrogen-bond acceptors (Lipinski definition) is 3. The van der Waals surface area contributed by atoms with Crippen molar-refractivity contribution in [1.29, 1.82) is 0 Å². The predicted octanol–water partition coefficient (Wildman–Crippen LogP) is 15.0. The molecule has 0 radical (unpaired) electrons. The van der Waals surface area contributed by atoms with Gasteiger partial charge < -0.3 is 9.51 Å². The van der Waals surface area contributed by atoms with Crippen LogP contribution in [0, 0.1) is 20.8 Å². The van der Waals surface area contributed by atoms with Crippen LogP contribution >= 0.6 is 0 Å². The van der Waals surface area contributed by atoms with Gasteiger partial charge >= 0.3 is 0 Å². The lowest BCUT2D eigenvalue weighted by Crippen LogP contribution is -2.17. The maximum Gasteiger partial charge on any atom is 0.149 e. The van der Waals surface area contributed by atoms with Crippen molar-refractivity contribution >= 4 is 59.9 Å². The van der Waals surface area contributed by atoms with E-state index >= 15 is 0 Å². The Morgan fingerprint density at radius 1 is 0.565 bits per heavy atom. The zero-order chi connectivity index (χ0) is 43.0. The molecule has 0 fully saturated rings. The largest absolute Gasteiger partial charge is 0.507 e. The van der Waals surface area contributed by atoms with Crippen LogP contribution in [0.4, 0.5) is 0 Å². The number of aromatic hydroxyl groups is 1. The summed E-state index contributed by atoms with van der Waals surface area (Å²) in [5.41, 5.74) is 16.5. The molecule has 1 N–H and O–H groups in total. The fourth-order valence-electron chi connectivity index (χ4n) is 10.0. The molecule has 11 rings (SSSR count). The minimum atomic E-state index is -0.319. The van der Waals surface area contributed by atoms with Crippen molar-refractivity contribution in [2.45, 2.75) is 73.1 Å². The summed E-state index contributed by atoms with van der Waals surface area (Å²) in [6, 6.07) is 46.0. The Bertz CT molecular complexity index is 3630. The molecule has 0 bridgehead atoms. The van der Waals surface area contributed by atoms with Crippen molar-refractivity contribution in [3.8, 4) is 45.1 Å². The summed E-state index contributed by atoms with van der Waals surface area (Å²) < 4.78 is 4.77. The highest BCUT2D eigenvalue weighted by Gasteiger charge is 2.30. The first-order valence-electron chi connectivity index (χ1n) is 21.7. The number of phenols is 1. The molecule has 11 aromatic rings. The summed E-state index contributed by atoms with van der Waals surface area (Å²) >= 11 is 0. The summed E-state index contributed by atoms with van der Waals surface area (Å²) in [6.07, 6.45) is 1.95. The van der Waals surface area contributed by atoms with Gasteiger partial charge in [-0.25, -0.2) is 4.98 Å². The number of nitrogens with zero attached hydrogens (tertiary/aromatic N) is 4. The lowest BCUT2D eigenvalue weighted by Gasteiger charge is -2.27. The number of pyridine rings is 2. The molecule has 0 atom stereocenters. The van der Waals surface area contributed by atoms with Gasteiger partial charge in [-0.2, -0.15) is 0 Å². The SMILES string of the molecule is Cc1ccc(-n2c(-c3cc(C(C)(C)C)cc(C(C)(C)C)c3O)nc3c(-c4cc5c6nccc7ccc8c(C)c(C)n(c5c5ccccc45)c8c76)cccc32)c(-c2ccccc2)c1. The van der Waals surface area contributed by atoms with Crippen LogP contribution in [0.2, 0.25) is 0 Å². The molecular formula is C57H50N4O. The number of aromatic nitrogens is 4. The van der Waals surface area contributed by atoms with Crippen LogP contribution in [0.3, 0.4) is 0 Å². The van der Waals surface area contributed by atoms with Gasteiger partial charge in [0.1, 0.15) is 11.6 Å². The van der Waals surface area contributed by atoms with Crippen LogP contribution in [0.15, 0.2) is 134 Å². The van der Waals surface area contributed by atoms with Crippen molar-refractivity contribution in [2.75, 3.05) is 0 Å². The van der Waals surface area contributed by atoms with E-state index in [2.05, 4.69) is 199 Å². The Hall–Kier alpha value is -6.98. The summed E-state index contributed by atoms with van der Waals surface area (Å²) in [6.45, 7) is 19.8. The van der Waals surface area contributed by atoms with Gasteiger partial charge in [0.05, 0.1) is 38.8 Å². The van der Waals surface area contributed by atoms with Crippen molar-refractivity contribution in [2.24, 2.45) is 0 Å². The standard InChI is InChI=1S/C57H50N4O/c1-32-22-25-47(42(28-32)35-16-11-10-12-17-35)61-48-21-15-20-40(50(48)59-55(61)45-29-37(56(4,5)6)30-46(54(45)62)57(7,8)9)43-31-44-51-49-36(26-27-58-51)23-24-38-33(2)34(3)60(53(38)49)52(44)41-19-14-13-18-39(41)43/h10-31,62H,1-9H3. The van der Waals surface area contributed by atoms with E-state index in [0.717, 1.165) is 66.4 Å². The number of fused-ring (bicyclic) bond motifs is 6. The zero-order valence-electron chi connectivity index (χ0n) is 36.9. The Morgan fingerprint density at radius 2 is 1.32 bits per heavy atom.